The zero-order valence-electron chi connectivity index (χ0n) is 32.9. The highest BCUT2D eigenvalue weighted by Gasteiger charge is 2.45. The van der Waals surface area contributed by atoms with E-state index in [-0.39, 0.29) is 48.6 Å². The minimum Gasteiger partial charge on any atom is -0.487 e. The van der Waals surface area contributed by atoms with Crippen LogP contribution in [-0.4, -0.2) is 41.5 Å². The van der Waals surface area contributed by atoms with E-state index >= 15 is 0 Å². The summed E-state index contributed by atoms with van der Waals surface area (Å²) < 4.78 is 14.6. The molecule has 0 saturated heterocycles. The lowest BCUT2D eigenvalue weighted by molar-refractivity contribution is -0.172. The number of hydrogen-bond donors (Lipinski definition) is 2. The Hall–Kier alpha value is -6.96. The van der Waals surface area contributed by atoms with Gasteiger partial charge >= 0.3 is 5.97 Å². The number of hydroxylamine groups is 1. The third-order valence-electron chi connectivity index (χ3n) is 11.4. The summed E-state index contributed by atoms with van der Waals surface area (Å²) in [6.45, 7) is 2.59. The van der Waals surface area contributed by atoms with Gasteiger partial charge in [0.15, 0.2) is 11.2 Å². The first-order valence-corrected chi connectivity index (χ1v) is 20.0. The Bertz CT molecular complexity index is 2680. The molecule has 7 aromatic rings. The van der Waals surface area contributed by atoms with E-state index in [9.17, 15) is 19.5 Å². The summed E-state index contributed by atoms with van der Waals surface area (Å²) in [4.78, 5) is 50.5. The summed E-state index contributed by atoms with van der Waals surface area (Å²) >= 11 is 0. The van der Waals surface area contributed by atoms with Crippen LogP contribution in [0, 0.1) is 0 Å². The third-order valence-corrected chi connectivity index (χ3v) is 11.4. The largest absolute Gasteiger partial charge is 0.487 e. The monoisotopic (exact) mass is 802 g/mol. The summed E-state index contributed by atoms with van der Waals surface area (Å²) in [5.41, 5.74) is 6.19. The van der Waals surface area contributed by atoms with Crippen LogP contribution in [0.1, 0.15) is 71.7 Å². The van der Waals surface area contributed by atoms with Crippen LogP contribution in [0.15, 0.2) is 132 Å². The predicted molar refractivity (Wildman–Crippen MR) is 221 cm³/mol. The number of rotatable bonds is 14. The van der Waals surface area contributed by atoms with E-state index < -0.39 is 17.2 Å². The molecule has 2 aliphatic heterocycles. The number of aryl methyl sites for hydroxylation is 1. The maximum absolute atomic E-state index is 13.5. The van der Waals surface area contributed by atoms with Gasteiger partial charge in [0.2, 0.25) is 5.91 Å². The van der Waals surface area contributed by atoms with Crippen LogP contribution >= 0.6 is 0 Å². The van der Waals surface area contributed by atoms with Gasteiger partial charge in [-0.15, -0.1) is 5.10 Å². The van der Waals surface area contributed by atoms with Crippen molar-refractivity contribution in [3.05, 3.63) is 177 Å². The molecule has 1 atom stereocenters. The number of benzene rings is 4. The lowest BCUT2D eigenvalue weighted by Gasteiger charge is -2.35. The van der Waals surface area contributed by atoms with Gasteiger partial charge in [-0.1, -0.05) is 103 Å². The Balaban J connectivity index is 0.803. The quantitative estimate of drug-likeness (QED) is 0.0541. The van der Waals surface area contributed by atoms with E-state index in [4.69, 9.17) is 19.3 Å². The fraction of sp³-hybridized carbons (Fsp3) is 0.234. The van der Waals surface area contributed by atoms with Crippen LogP contribution in [0.2, 0.25) is 0 Å². The van der Waals surface area contributed by atoms with Gasteiger partial charge in [0.1, 0.15) is 24.7 Å². The van der Waals surface area contributed by atoms with Gasteiger partial charge < -0.3 is 19.1 Å². The van der Waals surface area contributed by atoms with E-state index in [2.05, 4.69) is 15.8 Å². The smallest absolute Gasteiger partial charge is 0.343 e. The highest BCUT2D eigenvalue weighted by atomic mass is 16.7. The number of cyclic esters (lactones) is 1. The van der Waals surface area contributed by atoms with Crippen molar-refractivity contribution in [3.63, 3.8) is 0 Å². The van der Waals surface area contributed by atoms with Crippen LogP contribution in [-0.2, 0) is 56.7 Å². The molecule has 1 amide bonds. The highest BCUT2D eigenvalue weighted by Crippen LogP contribution is 2.41. The van der Waals surface area contributed by atoms with Crippen molar-refractivity contribution in [1.82, 2.24) is 30.0 Å². The van der Waals surface area contributed by atoms with Crippen LogP contribution < -0.4 is 15.8 Å². The molecule has 0 fully saturated rings. The van der Waals surface area contributed by atoms with Crippen molar-refractivity contribution < 1.29 is 29.0 Å². The molecule has 2 aliphatic rings. The van der Waals surface area contributed by atoms with E-state index in [0.29, 0.717) is 54.3 Å². The number of aliphatic hydroxyl groups is 1. The van der Waals surface area contributed by atoms with Gasteiger partial charge in [0.05, 0.1) is 35.2 Å². The molecule has 0 aliphatic carbocycles. The van der Waals surface area contributed by atoms with Gasteiger partial charge in [-0.2, -0.15) is 0 Å². The SMILES string of the molecule is CC[C@@]1(O)C(=O)OCc2c1cc1n(c2=O)Cc2cc3cc(OCc4cn(CCCCC(=O)NOC(c5ccccc5)(c5ccccc5)c5ccccc5)nn4)ccc3nc2-1. The lowest BCUT2D eigenvalue weighted by atomic mass is 9.80. The highest BCUT2D eigenvalue weighted by molar-refractivity contribution is 5.87. The Morgan fingerprint density at radius 3 is 2.25 bits per heavy atom. The Morgan fingerprint density at radius 2 is 1.58 bits per heavy atom. The fourth-order valence-electron chi connectivity index (χ4n) is 8.16. The topological polar surface area (TPSA) is 160 Å². The number of amides is 1. The van der Waals surface area contributed by atoms with E-state index in [1.54, 1.807) is 22.2 Å². The predicted octanol–water partition coefficient (Wildman–Crippen LogP) is 6.46. The first kappa shape index (κ1) is 38.6. The van der Waals surface area contributed by atoms with Crippen molar-refractivity contribution in [2.24, 2.45) is 0 Å². The number of nitrogens with zero attached hydrogens (tertiary/aromatic N) is 5. The van der Waals surface area contributed by atoms with E-state index in [1.807, 2.05) is 121 Å². The molecule has 4 aromatic carbocycles. The molecule has 0 bridgehead atoms. The molecule has 0 spiro atoms. The first-order chi connectivity index (χ1) is 29.3. The average molecular weight is 803 g/mol. The average Bonchev–Trinajstić information content (AvgIpc) is 3.90. The van der Waals surface area contributed by atoms with Gasteiger partial charge in [-0.25, -0.2) is 15.3 Å². The molecule has 60 heavy (non-hydrogen) atoms. The second-order valence-electron chi connectivity index (χ2n) is 15.1. The molecule has 5 heterocycles. The molecular formula is C47H42N6O7. The fourth-order valence-corrected chi connectivity index (χ4v) is 8.16. The zero-order chi connectivity index (χ0) is 41.3. The van der Waals surface area contributed by atoms with Crippen LogP contribution in [0.4, 0.5) is 0 Å². The standard InChI is InChI=1S/C47H42N6O7/c1-2-46(57)39-26-41-43-32(27-53(41)44(55)38(39)30-59-45(46)56)24-31-25-37(21-22-40(31)48-43)58-29-36-28-52(51-49-36)23-13-12-20-42(54)50-60-47(33-14-6-3-7-15-33,34-16-8-4-9-17-34)35-18-10-5-11-19-35/h3-11,14-19,21-22,24-26,28,57H,2,12-13,20,23,27,29-30H2,1H3,(H,50,54)/t46-/m0/s1. The van der Waals surface area contributed by atoms with Crippen LogP contribution in [0.5, 0.6) is 5.75 Å². The molecule has 13 heteroatoms. The lowest BCUT2D eigenvalue weighted by Crippen LogP contribution is -2.44. The van der Waals surface area contributed by atoms with Crippen molar-refractivity contribution in [3.8, 4) is 17.1 Å². The molecule has 9 rings (SSSR count). The summed E-state index contributed by atoms with van der Waals surface area (Å²) in [7, 11) is 0. The number of unbranched alkanes of at least 4 members (excludes halogenated alkanes) is 1. The molecule has 13 nitrogen and oxygen atoms in total. The Kier molecular flexibility index (Phi) is 10.3. The minimum absolute atomic E-state index is 0.0815. The van der Waals surface area contributed by atoms with Crippen molar-refractivity contribution >= 4 is 22.8 Å². The molecule has 3 aromatic heterocycles. The number of hydrogen-bond acceptors (Lipinski definition) is 10. The Labute approximate surface area is 345 Å². The third kappa shape index (κ3) is 7.01. The number of carbonyl (C=O) groups excluding carboxylic acids is 2. The normalized spacial score (nSPS) is 15.5. The van der Waals surface area contributed by atoms with Crippen LogP contribution in [0.25, 0.3) is 22.3 Å². The second kappa shape index (κ2) is 16.0. The molecule has 0 unspecified atom stereocenters. The van der Waals surface area contributed by atoms with Crippen molar-refractivity contribution in [1.29, 1.82) is 0 Å². The number of ether oxygens (including phenoxy) is 2. The number of carbonyl (C=O) groups is 2. The van der Waals surface area contributed by atoms with E-state index in [0.717, 1.165) is 27.6 Å². The Morgan fingerprint density at radius 1 is 0.900 bits per heavy atom. The van der Waals surface area contributed by atoms with Crippen LogP contribution in [0.3, 0.4) is 0 Å². The number of nitrogens with one attached hydrogen (secondary N) is 1. The number of esters is 1. The van der Waals surface area contributed by atoms with E-state index in [1.165, 1.54) is 0 Å². The molecule has 0 radical (unpaired) electrons. The summed E-state index contributed by atoms with van der Waals surface area (Å²) in [5.74, 6) is -0.352. The summed E-state index contributed by atoms with van der Waals surface area (Å²) in [6.07, 6.45) is 3.49. The zero-order valence-corrected chi connectivity index (χ0v) is 32.9. The first-order valence-electron chi connectivity index (χ1n) is 20.0. The van der Waals surface area contributed by atoms with Gasteiger partial charge in [0.25, 0.3) is 5.56 Å². The summed E-state index contributed by atoms with van der Waals surface area (Å²) in [5, 5.41) is 20.5. The number of aromatic nitrogens is 5. The van der Waals surface area contributed by atoms with Gasteiger partial charge in [0, 0.05) is 29.5 Å². The van der Waals surface area contributed by atoms with Gasteiger partial charge in [-0.05, 0) is 66.3 Å². The summed E-state index contributed by atoms with van der Waals surface area (Å²) in [6, 6.07) is 38.9. The maximum Gasteiger partial charge on any atom is 0.343 e. The van der Waals surface area contributed by atoms with Crippen molar-refractivity contribution in [2.75, 3.05) is 0 Å². The molecule has 302 valence electrons. The molecule has 0 saturated carbocycles. The molecule has 2 N–H and O–H groups in total. The molecular weight excluding hydrogens is 761 g/mol. The second-order valence-corrected chi connectivity index (χ2v) is 15.1. The number of fused-ring (bicyclic) bond motifs is 5. The van der Waals surface area contributed by atoms with Gasteiger partial charge in [-0.3, -0.25) is 19.1 Å². The maximum atomic E-state index is 13.5. The number of pyridine rings is 2. The minimum atomic E-state index is -1.88. The van der Waals surface area contributed by atoms with Crippen molar-refractivity contribution in [2.45, 2.75) is 70.1 Å².